The number of benzene rings is 2. The molecule has 164 valence electrons. The van der Waals surface area contributed by atoms with Crippen LogP contribution in [-0.2, 0) is 16.8 Å². The second-order valence-electron chi connectivity index (χ2n) is 9.58. The van der Waals surface area contributed by atoms with E-state index in [1.165, 1.54) is 5.56 Å². The lowest BCUT2D eigenvalue weighted by atomic mass is 9.79. The van der Waals surface area contributed by atoms with Gasteiger partial charge in [0.05, 0.1) is 0 Å². The van der Waals surface area contributed by atoms with E-state index in [1.807, 2.05) is 42.5 Å². The molecule has 2 aliphatic carbocycles. The fraction of sp³-hybridized carbons (Fsp3) is 0.500. The summed E-state index contributed by atoms with van der Waals surface area (Å²) in [5.74, 6) is 0.831. The molecule has 4 atom stereocenters. The minimum atomic E-state index is -1.41. The third-order valence-corrected chi connectivity index (χ3v) is 7.96. The van der Waals surface area contributed by atoms with Gasteiger partial charge in [0.15, 0.2) is 5.60 Å². The van der Waals surface area contributed by atoms with E-state index in [1.54, 1.807) is 0 Å². The van der Waals surface area contributed by atoms with Crippen LogP contribution in [0, 0.1) is 17.8 Å². The quantitative estimate of drug-likeness (QED) is 0.686. The van der Waals surface area contributed by atoms with Crippen molar-refractivity contribution in [2.45, 2.75) is 43.7 Å². The molecule has 0 aromatic heterocycles. The highest BCUT2D eigenvalue weighted by molar-refractivity contribution is 6.30. The maximum atomic E-state index is 13.4. The predicted molar refractivity (Wildman–Crippen MR) is 123 cm³/mol. The van der Waals surface area contributed by atoms with Gasteiger partial charge in [-0.15, -0.1) is 0 Å². The van der Waals surface area contributed by atoms with Crippen molar-refractivity contribution in [3.63, 3.8) is 0 Å². The van der Waals surface area contributed by atoms with Gasteiger partial charge in [0, 0.05) is 36.6 Å². The largest absolute Gasteiger partial charge is 0.375 e. The average Bonchev–Trinajstić information content (AvgIpc) is 3.20. The first-order valence-corrected chi connectivity index (χ1v) is 12.0. The molecule has 1 aliphatic heterocycles. The Bertz CT molecular complexity index is 901. The molecule has 5 heteroatoms. The van der Waals surface area contributed by atoms with Gasteiger partial charge in [-0.2, -0.15) is 0 Å². The monoisotopic (exact) mass is 438 g/mol. The maximum Gasteiger partial charge on any atom is 0.257 e. The Hall–Kier alpha value is -1.88. The number of piperidine rings is 1. The first-order valence-electron chi connectivity index (χ1n) is 11.6. The van der Waals surface area contributed by atoms with E-state index in [-0.39, 0.29) is 17.9 Å². The number of halogens is 1. The number of hydrogen-bond acceptors (Lipinski definition) is 3. The van der Waals surface area contributed by atoms with Crippen molar-refractivity contribution in [3.8, 4) is 0 Å². The van der Waals surface area contributed by atoms with Crippen LogP contribution in [0.25, 0.3) is 0 Å². The summed E-state index contributed by atoms with van der Waals surface area (Å²) in [4.78, 5) is 15.9. The fourth-order valence-corrected chi connectivity index (χ4v) is 5.92. The molecule has 4 nitrogen and oxygen atoms in total. The number of rotatable bonds is 7. The smallest absolute Gasteiger partial charge is 0.257 e. The Morgan fingerprint density at radius 3 is 2.32 bits per heavy atom. The summed E-state index contributed by atoms with van der Waals surface area (Å²) in [5, 5.41) is 15.7. The molecule has 1 amide bonds. The molecule has 0 radical (unpaired) electrons. The minimum absolute atomic E-state index is 0.00404. The van der Waals surface area contributed by atoms with Gasteiger partial charge in [0.25, 0.3) is 5.91 Å². The predicted octanol–water partition coefficient (Wildman–Crippen LogP) is 4.01. The zero-order chi connectivity index (χ0) is 21.4. The summed E-state index contributed by atoms with van der Waals surface area (Å²) in [6.07, 6.45) is 5.02. The van der Waals surface area contributed by atoms with Crippen LogP contribution in [0.1, 0.15) is 36.8 Å². The zero-order valence-electron chi connectivity index (χ0n) is 17.8. The van der Waals surface area contributed by atoms with Crippen LogP contribution in [0.5, 0.6) is 0 Å². The summed E-state index contributed by atoms with van der Waals surface area (Å²) in [7, 11) is 0. The van der Waals surface area contributed by atoms with E-state index in [9.17, 15) is 9.90 Å². The van der Waals surface area contributed by atoms with Crippen molar-refractivity contribution in [2.24, 2.45) is 17.8 Å². The minimum Gasteiger partial charge on any atom is -0.375 e. The number of carbonyl (C=O) groups excluding carboxylic acids is 1. The van der Waals surface area contributed by atoms with E-state index in [0.717, 1.165) is 62.3 Å². The summed E-state index contributed by atoms with van der Waals surface area (Å²) in [5.41, 5.74) is 0.622. The lowest BCUT2D eigenvalue weighted by Gasteiger charge is -2.33. The van der Waals surface area contributed by atoms with Crippen molar-refractivity contribution in [1.29, 1.82) is 0 Å². The first kappa shape index (κ1) is 21.0. The van der Waals surface area contributed by atoms with E-state index < -0.39 is 5.60 Å². The molecule has 1 heterocycles. The number of likely N-dealkylation sites (tertiary alicyclic amines) is 1. The lowest BCUT2D eigenvalue weighted by molar-refractivity contribution is -0.147. The summed E-state index contributed by atoms with van der Waals surface area (Å²) in [6, 6.07) is 17.8. The molecule has 0 spiro atoms. The number of carbonyl (C=O) groups is 1. The second-order valence-corrected chi connectivity index (χ2v) is 10.0. The van der Waals surface area contributed by atoms with Gasteiger partial charge in [0.1, 0.15) is 0 Å². The van der Waals surface area contributed by atoms with Crippen molar-refractivity contribution < 1.29 is 9.90 Å². The Morgan fingerprint density at radius 2 is 1.68 bits per heavy atom. The van der Waals surface area contributed by atoms with Crippen LogP contribution >= 0.6 is 11.6 Å². The van der Waals surface area contributed by atoms with E-state index in [4.69, 9.17) is 11.6 Å². The summed E-state index contributed by atoms with van der Waals surface area (Å²) >= 11 is 5.97. The molecule has 2 saturated carbocycles. The molecule has 1 saturated heterocycles. The molecule has 2 aromatic carbocycles. The van der Waals surface area contributed by atoms with Crippen LogP contribution in [0.15, 0.2) is 54.6 Å². The van der Waals surface area contributed by atoms with Crippen LogP contribution in [0.3, 0.4) is 0 Å². The second kappa shape index (κ2) is 8.57. The molecular formula is C26H31ClN2O2. The van der Waals surface area contributed by atoms with Gasteiger partial charge < -0.3 is 15.3 Å². The molecule has 3 aliphatic rings. The number of nitrogens with zero attached hydrogens (tertiary/aromatic N) is 1. The Balaban J connectivity index is 1.18. The van der Waals surface area contributed by atoms with Gasteiger partial charge in [0.2, 0.25) is 0 Å². The Kier molecular flexibility index (Phi) is 5.80. The van der Waals surface area contributed by atoms with E-state index in [0.29, 0.717) is 11.8 Å². The van der Waals surface area contributed by atoms with Gasteiger partial charge in [-0.1, -0.05) is 66.9 Å². The summed E-state index contributed by atoms with van der Waals surface area (Å²) in [6.45, 7) is 3.08. The number of hydrogen-bond donors (Lipinski definition) is 2. The standard InChI is InChI=1S/C26H31ClN2O2/c27-21-12-10-18(11-13-21)14-15-29-16-22-23(17-29)24(22)28-25(30)26(31,20-8-4-5-9-20)19-6-2-1-3-7-19/h1-3,6-7,10-13,20,22-24,31H,4-5,8-9,14-17H2,(H,28,30)/t22-,23+,24?,26?. The molecule has 2 unspecified atom stereocenters. The number of aliphatic hydroxyl groups is 1. The highest BCUT2D eigenvalue weighted by Gasteiger charge is 2.58. The van der Waals surface area contributed by atoms with Gasteiger partial charge in [-0.25, -0.2) is 0 Å². The van der Waals surface area contributed by atoms with Crippen molar-refractivity contribution in [1.82, 2.24) is 10.2 Å². The Labute approximate surface area is 189 Å². The Morgan fingerprint density at radius 1 is 1.03 bits per heavy atom. The SMILES string of the molecule is O=C(NC1[C@H]2CN(CCc3ccc(Cl)cc3)C[C@@H]12)C(O)(c1ccccc1)C1CCCC1. The number of amides is 1. The van der Waals surface area contributed by atoms with Gasteiger partial charge >= 0.3 is 0 Å². The number of nitrogens with one attached hydrogen (secondary N) is 1. The van der Waals surface area contributed by atoms with Gasteiger partial charge in [-0.05, 0) is 54.4 Å². The summed E-state index contributed by atoms with van der Waals surface area (Å²) < 4.78 is 0. The lowest BCUT2D eigenvalue weighted by Crippen LogP contribution is -2.51. The van der Waals surface area contributed by atoms with E-state index >= 15 is 0 Å². The highest BCUT2D eigenvalue weighted by Crippen LogP contribution is 2.47. The van der Waals surface area contributed by atoms with Crippen LogP contribution in [0.4, 0.5) is 0 Å². The molecule has 2 aromatic rings. The van der Waals surface area contributed by atoms with Gasteiger partial charge in [-0.3, -0.25) is 4.79 Å². The molecule has 3 fully saturated rings. The van der Waals surface area contributed by atoms with Crippen LogP contribution in [-0.4, -0.2) is 41.6 Å². The number of fused-ring (bicyclic) bond motifs is 1. The molecule has 5 rings (SSSR count). The van der Waals surface area contributed by atoms with E-state index in [2.05, 4.69) is 22.3 Å². The first-order chi connectivity index (χ1) is 15.1. The zero-order valence-corrected chi connectivity index (χ0v) is 18.6. The highest BCUT2D eigenvalue weighted by atomic mass is 35.5. The molecular weight excluding hydrogens is 408 g/mol. The van der Waals surface area contributed by atoms with Crippen LogP contribution < -0.4 is 5.32 Å². The normalized spacial score (nSPS) is 27.6. The third-order valence-electron chi connectivity index (χ3n) is 7.70. The molecule has 0 bridgehead atoms. The van der Waals surface area contributed by atoms with Crippen molar-refractivity contribution in [3.05, 3.63) is 70.7 Å². The third kappa shape index (κ3) is 4.13. The topological polar surface area (TPSA) is 52.6 Å². The van der Waals surface area contributed by atoms with Crippen LogP contribution in [0.2, 0.25) is 5.02 Å². The maximum absolute atomic E-state index is 13.4. The van der Waals surface area contributed by atoms with Crippen molar-refractivity contribution >= 4 is 17.5 Å². The fourth-order valence-electron chi connectivity index (χ4n) is 5.80. The average molecular weight is 439 g/mol. The van der Waals surface area contributed by atoms with Crippen molar-refractivity contribution in [2.75, 3.05) is 19.6 Å². The molecule has 2 N–H and O–H groups in total. The molecule has 31 heavy (non-hydrogen) atoms.